The van der Waals surface area contributed by atoms with Crippen molar-refractivity contribution in [3.8, 4) is 0 Å². The summed E-state index contributed by atoms with van der Waals surface area (Å²) >= 11 is 5.83. The summed E-state index contributed by atoms with van der Waals surface area (Å²) in [5, 5.41) is 5.55. The van der Waals surface area contributed by atoms with E-state index in [4.69, 9.17) is 11.6 Å². The molecule has 0 fully saturated rings. The third-order valence-corrected chi connectivity index (χ3v) is 3.46. The Balaban J connectivity index is 1.98. The van der Waals surface area contributed by atoms with E-state index in [9.17, 15) is 9.59 Å². The van der Waals surface area contributed by atoms with Crippen LogP contribution in [0.25, 0.3) is 0 Å². The molecule has 0 saturated heterocycles. The van der Waals surface area contributed by atoms with Crippen LogP contribution in [0.5, 0.6) is 0 Å². The minimum atomic E-state index is -0.527. The lowest BCUT2D eigenvalue weighted by atomic mass is 10.1. The smallest absolute Gasteiger partial charge is 0.322 e. The maximum atomic E-state index is 12.0. The largest absolute Gasteiger partial charge is 0.331 e. The Morgan fingerprint density at radius 1 is 1.09 bits per heavy atom. The fourth-order valence-electron chi connectivity index (χ4n) is 2.11. The first-order valence-electron chi connectivity index (χ1n) is 7.02. The number of rotatable bonds is 4. The average molecular weight is 317 g/mol. The van der Waals surface area contributed by atoms with E-state index >= 15 is 0 Å². The van der Waals surface area contributed by atoms with Crippen molar-refractivity contribution in [2.75, 3.05) is 0 Å². The minimum absolute atomic E-state index is 0.145. The number of hydrogen-bond acceptors (Lipinski definition) is 2. The predicted octanol–water partition coefficient (Wildman–Crippen LogP) is 3.93. The number of halogens is 1. The van der Waals surface area contributed by atoms with Gasteiger partial charge in [-0.1, -0.05) is 54.9 Å². The molecule has 5 heteroatoms. The molecule has 4 nitrogen and oxygen atoms in total. The molecule has 114 valence electrons. The van der Waals surface area contributed by atoms with Gasteiger partial charge in [0, 0.05) is 10.6 Å². The van der Waals surface area contributed by atoms with E-state index in [0.29, 0.717) is 10.6 Å². The standard InChI is InChI=1S/C17H17ClN2O2/c1-2-15(12-7-4-3-5-8-12)19-17(22)20-16(21)13-9-6-10-14(18)11-13/h3-11,15H,2H2,1H3,(H2,19,20,21,22)/t15-/m0/s1. The van der Waals surface area contributed by atoms with Gasteiger partial charge in [-0.15, -0.1) is 0 Å². The van der Waals surface area contributed by atoms with E-state index < -0.39 is 11.9 Å². The molecule has 0 aliphatic rings. The van der Waals surface area contributed by atoms with E-state index in [2.05, 4.69) is 10.6 Å². The summed E-state index contributed by atoms with van der Waals surface area (Å²) in [6, 6.07) is 15.4. The number of nitrogens with one attached hydrogen (secondary N) is 2. The Labute approximate surface area is 134 Å². The zero-order chi connectivity index (χ0) is 15.9. The third kappa shape index (κ3) is 4.33. The first-order valence-corrected chi connectivity index (χ1v) is 7.40. The SMILES string of the molecule is CC[C@H](NC(=O)NC(=O)c1cccc(Cl)c1)c1ccccc1. The average Bonchev–Trinajstić information content (AvgIpc) is 2.53. The lowest BCUT2D eigenvalue weighted by Gasteiger charge is -2.17. The summed E-state index contributed by atoms with van der Waals surface area (Å²) in [6.07, 6.45) is 0.725. The van der Waals surface area contributed by atoms with Gasteiger partial charge in [0.05, 0.1) is 6.04 Å². The van der Waals surface area contributed by atoms with Crippen molar-refractivity contribution in [3.05, 3.63) is 70.7 Å². The van der Waals surface area contributed by atoms with E-state index in [0.717, 1.165) is 12.0 Å². The molecule has 22 heavy (non-hydrogen) atoms. The van der Waals surface area contributed by atoms with Crippen molar-refractivity contribution >= 4 is 23.5 Å². The van der Waals surface area contributed by atoms with Crippen LogP contribution in [0.1, 0.15) is 35.3 Å². The van der Waals surface area contributed by atoms with Crippen molar-refractivity contribution in [2.45, 2.75) is 19.4 Å². The van der Waals surface area contributed by atoms with Gasteiger partial charge in [0.25, 0.3) is 5.91 Å². The van der Waals surface area contributed by atoms with Gasteiger partial charge >= 0.3 is 6.03 Å². The van der Waals surface area contributed by atoms with E-state index in [-0.39, 0.29) is 6.04 Å². The molecule has 2 rings (SSSR count). The fourth-order valence-corrected chi connectivity index (χ4v) is 2.30. The van der Waals surface area contributed by atoms with Gasteiger partial charge in [0.15, 0.2) is 0 Å². The molecule has 2 aromatic rings. The number of carbonyl (C=O) groups excluding carboxylic acids is 2. The number of carbonyl (C=O) groups is 2. The topological polar surface area (TPSA) is 58.2 Å². The highest BCUT2D eigenvalue weighted by Crippen LogP contribution is 2.15. The van der Waals surface area contributed by atoms with E-state index in [1.54, 1.807) is 18.2 Å². The van der Waals surface area contributed by atoms with E-state index in [1.807, 2.05) is 37.3 Å². The van der Waals surface area contributed by atoms with Gasteiger partial charge in [0.1, 0.15) is 0 Å². The van der Waals surface area contributed by atoms with Crippen LogP contribution < -0.4 is 10.6 Å². The number of hydrogen-bond donors (Lipinski definition) is 2. The van der Waals surface area contributed by atoms with Gasteiger partial charge in [0.2, 0.25) is 0 Å². The molecule has 2 N–H and O–H groups in total. The first-order chi connectivity index (χ1) is 10.6. The molecule has 0 saturated carbocycles. The van der Waals surface area contributed by atoms with Crippen LogP contribution in [-0.2, 0) is 0 Å². The second kappa shape index (κ2) is 7.61. The van der Waals surface area contributed by atoms with Crippen molar-refractivity contribution in [1.29, 1.82) is 0 Å². The van der Waals surface area contributed by atoms with Crippen LogP contribution in [0.15, 0.2) is 54.6 Å². The first kappa shape index (κ1) is 16.0. The third-order valence-electron chi connectivity index (χ3n) is 3.23. The van der Waals surface area contributed by atoms with Crippen LogP contribution in [0.4, 0.5) is 4.79 Å². The summed E-state index contributed by atoms with van der Waals surface area (Å²) in [5.41, 5.74) is 1.34. The van der Waals surface area contributed by atoms with Gasteiger partial charge in [-0.05, 0) is 30.2 Å². The Bertz CT molecular complexity index is 659. The Morgan fingerprint density at radius 2 is 1.82 bits per heavy atom. The summed E-state index contributed by atoms with van der Waals surface area (Å²) < 4.78 is 0. The van der Waals surface area contributed by atoms with Gasteiger partial charge in [-0.3, -0.25) is 10.1 Å². The monoisotopic (exact) mass is 316 g/mol. The number of benzene rings is 2. The summed E-state index contributed by atoms with van der Waals surface area (Å²) in [5.74, 6) is -0.483. The van der Waals surface area contributed by atoms with Gasteiger partial charge in [-0.25, -0.2) is 4.79 Å². The second-order valence-corrected chi connectivity index (χ2v) is 5.25. The predicted molar refractivity (Wildman–Crippen MR) is 86.9 cm³/mol. The highest BCUT2D eigenvalue weighted by molar-refractivity contribution is 6.31. The van der Waals surface area contributed by atoms with Crippen LogP contribution in [0.2, 0.25) is 5.02 Å². The minimum Gasteiger partial charge on any atom is -0.331 e. The van der Waals surface area contributed by atoms with Gasteiger partial charge in [-0.2, -0.15) is 0 Å². The second-order valence-electron chi connectivity index (χ2n) is 4.81. The molecule has 0 radical (unpaired) electrons. The molecule has 2 aromatic carbocycles. The number of amides is 3. The molecule has 0 aromatic heterocycles. The summed E-state index contributed by atoms with van der Waals surface area (Å²) in [4.78, 5) is 24.0. The van der Waals surface area contributed by atoms with Crippen molar-refractivity contribution in [1.82, 2.24) is 10.6 Å². The van der Waals surface area contributed by atoms with Crippen LogP contribution >= 0.6 is 11.6 Å². The highest BCUT2D eigenvalue weighted by Gasteiger charge is 2.15. The molecule has 3 amide bonds. The summed E-state index contributed by atoms with van der Waals surface area (Å²) in [7, 11) is 0. The zero-order valence-electron chi connectivity index (χ0n) is 12.2. The molecule has 0 unspecified atom stereocenters. The van der Waals surface area contributed by atoms with Crippen molar-refractivity contribution < 1.29 is 9.59 Å². The van der Waals surface area contributed by atoms with Crippen LogP contribution in [0.3, 0.4) is 0 Å². The maximum absolute atomic E-state index is 12.0. The van der Waals surface area contributed by atoms with Crippen molar-refractivity contribution in [2.24, 2.45) is 0 Å². The Morgan fingerprint density at radius 3 is 2.45 bits per heavy atom. The zero-order valence-corrected chi connectivity index (χ0v) is 12.9. The molecule has 0 heterocycles. The lowest BCUT2D eigenvalue weighted by molar-refractivity contribution is 0.0963. The number of imide groups is 1. The molecular weight excluding hydrogens is 300 g/mol. The molecular formula is C17H17ClN2O2. The molecule has 0 spiro atoms. The Hall–Kier alpha value is -2.33. The molecule has 1 atom stereocenters. The normalized spacial score (nSPS) is 11.5. The van der Waals surface area contributed by atoms with Crippen molar-refractivity contribution in [3.63, 3.8) is 0 Å². The Kier molecular flexibility index (Phi) is 5.55. The lowest BCUT2D eigenvalue weighted by Crippen LogP contribution is -2.41. The molecule has 0 bridgehead atoms. The number of urea groups is 1. The molecule has 0 aliphatic heterocycles. The fraction of sp³-hybridized carbons (Fsp3) is 0.176. The van der Waals surface area contributed by atoms with Gasteiger partial charge < -0.3 is 5.32 Å². The highest BCUT2D eigenvalue weighted by atomic mass is 35.5. The van der Waals surface area contributed by atoms with Crippen LogP contribution in [0, 0.1) is 0 Å². The summed E-state index contributed by atoms with van der Waals surface area (Å²) in [6.45, 7) is 1.97. The van der Waals surface area contributed by atoms with Crippen LogP contribution in [-0.4, -0.2) is 11.9 Å². The van der Waals surface area contributed by atoms with E-state index in [1.165, 1.54) is 6.07 Å². The maximum Gasteiger partial charge on any atom is 0.322 e. The molecule has 0 aliphatic carbocycles. The quantitative estimate of drug-likeness (QED) is 0.898.